The summed E-state index contributed by atoms with van der Waals surface area (Å²) in [5, 5.41) is 4.81. The molecule has 9 nitrogen and oxygen atoms in total. The van der Waals surface area contributed by atoms with E-state index in [9.17, 15) is 22.8 Å². The second-order valence-electron chi connectivity index (χ2n) is 7.58. The smallest absolute Gasteiger partial charge is 0.325 e. The van der Waals surface area contributed by atoms with Crippen molar-refractivity contribution in [2.75, 3.05) is 18.4 Å². The minimum atomic E-state index is -4.17. The number of hydrogen-bond donors (Lipinski definition) is 3. The average molecular weight is 442 g/mol. The van der Waals surface area contributed by atoms with Crippen molar-refractivity contribution < 1.29 is 13.2 Å². The molecule has 1 aliphatic heterocycles. The maximum absolute atomic E-state index is 13.1. The van der Waals surface area contributed by atoms with Crippen LogP contribution in [0.2, 0.25) is 0 Å². The first kappa shape index (κ1) is 21.0. The number of anilines is 1. The summed E-state index contributed by atoms with van der Waals surface area (Å²) in [4.78, 5) is 40.3. The molecule has 0 aliphatic carbocycles. The standard InChI is InChI=1S/C21H22N4O5S/c1-13-18(20(27)24-21(28)22-13)31(29,30)25-11-5-8-15(12-25)19(26)23-17-10-4-7-14-6-2-3-9-16(14)17/h2-4,6-7,9-10,15H,5,8,11-12H2,1H3,(H,23,26)(H2,22,24,27,28)/t15-/m0/s1. The van der Waals surface area contributed by atoms with Crippen molar-refractivity contribution in [1.29, 1.82) is 0 Å². The number of nitrogens with one attached hydrogen (secondary N) is 3. The fraction of sp³-hybridized carbons (Fsp3) is 0.286. The zero-order valence-electron chi connectivity index (χ0n) is 16.8. The quantitative estimate of drug-likeness (QED) is 0.564. The van der Waals surface area contributed by atoms with Crippen molar-refractivity contribution in [2.45, 2.75) is 24.7 Å². The Hall–Kier alpha value is -3.24. The van der Waals surface area contributed by atoms with Gasteiger partial charge < -0.3 is 10.3 Å². The van der Waals surface area contributed by atoms with Crippen LogP contribution in [0.3, 0.4) is 0 Å². The number of nitrogens with zero attached hydrogens (tertiary/aromatic N) is 1. The minimum absolute atomic E-state index is 0.0314. The van der Waals surface area contributed by atoms with Gasteiger partial charge in [-0.1, -0.05) is 36.4 Å². The zero-order chi connectivity index (χ0) is 22.2. The number of benzene rings is 2. The van der Waals surface area contributed by atoms with Crippen LogP contribution in [0.1, 0.15) is 18.5 Å². The number of sulfonamides is 1. The first-order chi connectivity index (χ1) is 14.8. The lowest BCUT2D eigenvalue weighted by molar-refractivity contribution is -0.120. The molecule has 2 heterocycles. The van der Waals surface area contributed by atoms with Crippen LogP contribution in [0.25, 0.3) is 10.8 Å². The van der Waals surface area contributed by atoms with Crippen molar-refractivity contribution in [2.24, 2.45) is 5.92 Å². The maximum Gasteiger partial charge on any atom is 0.325 e. The molecular formula is C21H22N4O5S. The third-order valence-corrected chi connectivity index (χ3v) is 7.49. The molecule has 162 valence electrons. The van der Waals surface area contributed by atoms with Gasteiger partial charge in [-0.3, -0.25) is 14.6 Å². The summed E-state index contributed by atoms with van der Waals surface area (Å²) in [5.41, 5.74) is -1.11. The normalized spacial score (nSPS) is 17.5. The Morgan fingerprint density at radius 1 is 1.10 bits per heavy atom. The van der Waals surface area contributed by atoms with Crippen LogP contribution in [-0.4, -0.2) is 41.7 Å². The largest absolute Gasteiger partial charge is 0.325 e. The molecule has 0 unspecified atom stereocenters. The van der Waals surface area contributed by atoms with E-state index in [1.54, 1.807) is 6.07 Å². The number of aryl methyl sites for hydroxylation is 1. The molecule has 1 fully saturated rings. The molecular weight excluding hydrogens is 420 g/mol. The summed E-state index contributed by atoms with van der Waals surface area (Å²) in [5.74, 6) is -0.840. The summed E-state index contributed by atoms with van der Waals surface area (Å²) in [6.45, 7) is 1.51. The molecule has 0 saturated carbocycles. The van der Waals surface area contributed by atoms with Crippen LogP contribution in [-0.2, 0) is 14.8 Å². The van der Waals surface area contributed by atoms with E-state index in [1.807, 2.05) is 41.4 Å². The predicted octanol–water partition coefficient (Wildman–Crippen LogP) is 1.56. The van der Waals surface area contributed by atoms with E-state index >= 15 is 0 Å². The Labute approximate surface area is 178 Å². The Morgan fingerprint density at radius 2 is 1.84 bits per heavy atom. The van der Waals surface area contributed by atoms with E-state index in [0.29, 0.717) is 18.5 Å². The highest BCUT2D eigenvalue weighted by Crippen LogP contribution is 2.27. The Bertz CT molecular complexity index is 1370. The molecule has 0 spiro atoms. The van der Waals surface area contributed by atoms with Crippen molar-refractivity contribution in [1.82, 2.24) is 14.3 Å². The lowest BCUT2D eigenvalue weighted by Gasteiger charge is -2.31. The number of aromatic amines is 2. The maximum atomic E-state index is 13.1. The van der Waals surface area contributed by atoms with Crippen LogP contribution < -0.4 is 16.6 Å². The number of rotatable bonds is 4. The molecule has 1 atom stereocenters. The van der Waals surface area contributed by atoms with Gasteiger partial charge in [0.05, 0.1) is 5.92 Å². The Kier molecular flexibility index (Phi) is 5.50. The van der Waals surface area contributed by atoms with E-state index in [-0.39, 0.29) is 24.7 Å². The van der Waals surface area contributed by atoms with E-state index in [1.165, 1.54) is 6.92 Å². The van der Waals surface area contributed by atoms with Gasteiger partial charge in [0.15, 0.2) is 4.90 Å². The molecule has 0 radical (unpaired) electrons. The summed E-state index contributed by atoms with van der Waals surface area (Å²) in [6, 6.07) is 13.3. The molecule has 10 heteroatoms. The van der Waals surface area contributed by atoms with Crippen molar-refractivity contribution in [3.8, 4) is 0 Å². The molecule has 1 amide bonds. The Balaban J connectivity index is 1.58. The summed E-state index contributed by atoms with van der Waals surface area (Å²) in [6.07, 6.45) is 1.01. The predicted molar refractivity (Wildman–Crippen MR) is 116 cm³/mol. The molecule has 31 heavy (non-hydrogen) atoms. The highest BCUT2D eigenvalue weighted by Gasteiger charge is 2.36. The number of H-pyrrole nitrogens is 2. The van der Waals surface area contributed by atoms with Crippen LogP contribution in [0.5, 0.6) is 0 Å². The van der Waals surface area contributed by atoms with E-state index in [4.69, 9.17) is 0 Å². The van der Waals surface area contributed by atoms with Crippen LogP contribution in [0.4, 0.5) is 5.69 Å². The van der Waals surface area contributed by atoms with Gasteiger partial charge in [0.2, 0.25) is 15.9 Å². The van der Waals surface area contributed by atoms with E-state index in [2.05, 4.69) is 10.3 Å². The van der Waals surface area contributed by atoms with Crippen molar-refractivity contribution in [3.05, 3.63) is 69.0 Å². The second kappa shape index (κ2) is 8.12. The third-order valence-electron chi connectivity index (χ3n) is 5.48. The highest BCUT2D eigenvalue weighted by molar-refractivity contribution is 7.89. The number of amides is 1. The SMILES string of the molecule is Cc1[nH]c(=O)[nH]c(=O)c1S(=O)(=O)N1CCC[C@H](C(=O)Nc2cccc3ccccc23)C1. The molecule has 4 rings (SSSR count). The summed E-state index contributed by atoms with van der Waals surface area (Å²) >= 11 is 0. The van der Waals surface area contributed by atoms with Gasteiger partial charge >= 0.3 is 5.69 Å². The van der Waals surface area contributed by atoms with Gasteiger partial charge in [-0.2, -0.15) is 4.31 Å². The van der Waals surface area contributed by atoms with Crippen LogP contribution in [0, 0.1) is 12.8 Å². The second-order valence-corrected chi connectivity index (χ2v) is 9.46. The number of fused-ring (bicyclic) bond motifs is 1. The fourth-order valence-corrected chi connectivity index (χ4v) is 5.70. The molecule has 1 aromatic heterocycles. The first-order valence-electron chi connectivity index (χ1n) is 9.89. The number of piperidine rings is 1. The fourth-order valence-electron chi connectivity index (χ4n) is 3.97. The van der Waals surface area contributed by atoms with Gasteiger partial charge in [-0.05, 0) is 31.2 Å². The van der Waals surface area contributed by atoms with Gasteiger partial charge in [-0.15, -0.1) is 0 Å². The van der Waals surface area contributed by atoms with Gasteiger partial charge in [0.25, 0.3) is 5.56 Å². The third kappa shape index (κ3) is 4.04. The highest BCUT2D eigenvalue weighted by atomic mass is 32.2. The number of carbonyl (C=O) groups is 1. The topological polar surface area (TPSA) is 132 Å². The first-order valence-corrected chi connectivity index (χ1v) is 11.3. The lowest BCUT2D eigenvalue weighted by Crippen LogP contribution is -2.45. The van der Waals surface area contributed by atoms with E-state index < -0.39 is 32.1 Å². The van der Waals surface area contributed by atoms with Crippen molar-refractivity contribution >= 4 is 32.4 Å². The Morgan fingerprint density at radius 3 is 2.61 bits per heavy atom. The molecule has 0 bridgehead atoms. The molecule has 3 N–H and O–H groups in total. The molecule has 1 aliphatic rings. The average Bonchev–Trinajstić information content (AvgIpc) is 2.73. The zero-order valence-corrected chi connectivity index (χ0v) is 17.7. The van der Waals surface area contributed by atoms with Crippen LogP contribution in [0.15, 0.2) is 56.9 Å². The minimum Gasteiger partial charge on any atom is -0.325 e. The monoisotopic (exact) mass is 442 g/mol. The van der Waals surface area contributed by atoms with Gasteiger partial charge in [0.1, 0.15) is 0 Å². The van der Waals surface area contributed by atoms with Gasteiger partial charge in [-0.25, -0.2) is 13.2 Å². The number of aromatic nitrogens is 2. The number of carbonyl (C=O) groups excluding carboxylic acids is 1. The van der Waals surface area contributed by atoms with E-state index in [0.717, 1.165) is 15.1 Å². The molecule has 1 saturated heterocycles. The van der Waals surface area contributed by atoms with Crippen LogP contribution >= 0.6 is 0 Å². The molecule has 3 aromatic rings. The summed E-state index contributed by atoms with van der Waals surface area (Å²) in [7, 11) is -4.17. The molecule has 2 aromatic carbocycles. The van der Waals surface area contributed by atoms with Gasteiger partial charge in [0, 0.05) is 29.9 Å². The van der Waals surface area contributed by atoms with Crippen molar-refractivity contribution in [3.63, 3.8) is 0 Å². The number of hydrogen-bond acceptors (Lipinski definition) is 5. The lowest BCUT2D eigenvalue weighted by atomic mass is 9.98. The summed E-state index contributed by atoms with van der Waals surface area (Å²) < 4.78 is 27.3.